The SMILES string of the molecule is Cc1[nH]c2ccc(CNc3cc(C(=O)N4CCCCC4)ccn3)cc2c1C. The summed E-state index contributed by atoms with van der Waals surface area (Å²) in [7, 11) is 0. The highest BCUT2D eigenvalue weighted by molar-refractivity contribution is 5.94. The van der Waals surface area contributed by atoms with Crippen LogP contribution in [0.1, 0.15) is 46.4 Å². The van der Waals surface area contributed by atoms with Crippen molar-refractivity contribution in [3.8, 4) is 0 Å². The Morgan fingerprint density at radius 2 is 1.96 bits per heavy atom. The maximum atomic E-state index is 12.7. The van der Waals surface area contributed by atoms with Gasteiger partial charge in [0.05, 0.1) is 0 Å². The number of carbonyl (C=O) groups excluding carboxylic acids is 1. The molecule has 5 nitrogen and oxygen atoms in total. The lowest BCUT2D eigenvalue weighted by Crippen LogP contribution is -2.35. The third-order valence-electron chi connectivity index (χ3n) is 5.50. The second-order valence-corrected chi connectivity index (χ2v) is 7.39. The molecule has 5 heteroatoms. The highest BCUT2D eigenvalue weighted by atomic mass is 16.2. The van der Waals surface area contributed by atoms with Crippen LogP contribution >= 0.6 is 0 Å². The van der Waals surface area contributed by atoms with Crippen molar-refractivity contribution in [3.05, 3.63) is 58.9 Å². The van der Waals surface area contributed by atoms with Gasteiger partial charge in [-0.2, -0.15) is 0 Å². The summed E-state index contributed by atoms with van der Waals surface area (Å²) in [5.41, 5.74) is 5.57. The Bertz CT molecular complexity index is 970. The number of rotatable bonds is 4. The van der Waals surface area contributed by atoms with Crippen LogP contribution in [-0.2, 0) is 6.54 Å². The number of carbonyl (C=O) groups is 1. The van der Waals surface area contributed by atoms with Gasteiger partial charge in [-0.15, -0.1) is 0 Å². The fourth-order valence-electron chi connectivity index (χ4n) is 3.75. The highest BCUT2D eigenvalue weighted by Crippen LogP contribution is 2.23. The van der Waals surface area contributed by atoms with Crippen molar-refractivity contribution in [2.75, 3.05) is 18.4 Å². The van der Waals surface area contributed by atoms with Gasteiger partial charge in [-0.25, -0.2) is 4.98 Å². The van der Waals surface area contributed by atoms with E-state index in [0.717, 1.165) is 31.7 Å². The zero-order valence-electron chi connectivity index (χ0n) is 16.0. The fraction of sp³-hybridized carbons (Fsp3) is 0.364. The van der Waals surface area contributed by atoms with E-state index in [1.54, 1.807) is 12.3 Å². The van der Waals surface area contributed by atoms with Crippen molar-refractivity contribution < 1.29 is 4.79 Å². The zero-order valence-corrected chi connectivity index (χ0v) is 16.0. The molecule has 2 N–H and O–H groups in total. The summed E-state index contributed by atoms with van der Waals surface area (Å²) in [6.45, 7) is 6.64. The number of nitrogens with one attached hydrogen (secondary N) is 2. The van der Waals surface area contributed by atoms with Gasteiger partial charge in [0, 0.05) is 48.0 Å². The van der Waals surface area contributed by atoms with Crippen molar-refractivity contribution in [2.24, 2.45) is 0 Å². The molecule has 3 heterocycles. The van der Waals surface area contributed by atoms with Gasteiger partial charge < -0.3 is 15.2 Å². The lowest BCUT2D eigenvalue weighted by atomic mass is 10.1. The number of aromatic amines is 1. The molecule has 1 fully saturated rings. The van der Waals surface area contributed by atoms with Crippen LogP contribution in [0.25, 0.3) is 10.9 Å². The molecule has 27 heavy (non-hydrogen) atoms. The molecule has 1 aliphatic heterocycles. The number of fused-ring (bicyclic) bond motifs is 1. The number of pyridine rings is 1. The molecule has 1 aliphatic rings. The van der Waals surface area contributed by atoms with Crippen LogP contribution in [0.15, 0.2) is 36.5 Å². The topological polar surface area (TPSA) is 61.0 Å². The summed E-state index contributed by atoms with van der Waals surface area (Å²) in [6, 6.07) is 10.1. The van der Waals surface area contributed by atoms with E-state index in [0.29, 0.717) is 12.1 Å². The van der Waals surface area contributed by atoms with E-state index in [1.807, 2.05) is 11.0 Å². The molecule has 2 aromatic heterocycles. The Morgan fingerprint density at radius 3 is 2.78 bits per heavy atom. The normalized spacial score (nSPS) is 14.5. The minimum atomic E-state index is 0.111. The molecule has 0 bridgehead atoms. The van der Waals surface area contributed by atoms with Crippen LogP contribution in [0.5, 0.6) is 0 Å². The minimum Gasteiger partial charge on any atom is -0.366 e. The molecule has 1 aromatic carbocycles. The summed E-state index contributed by atoms with van der Waals surface area (Å²) >= 11 is 0. The van der Waals surface area contributed by atoms with Crippen molar-refractivity contribution in [1.29, 1.82) is 0 Å². The molecular weight excluding hydrogens is 336 g/mol. The Balaban J connectivity index is 1.47. The molecule has 0 spiro atoms. The molecule has 4 rings (SSSR count). The van der Waals surface area contributed by atoms with E-state index in [1.165, 1.54) is 34.1 Å². The molecular formula is C22H26N4O. The predicted octanol–water partition coefficient (Wildman–Crippen LogP) is 4.42. The highest BCUT2D eigenvalue weighted by Gasteiger charge is 2.18. The largest absolute Gasteiger partial charge is 0.366 e. The van der Waals surface area contributed by atoms with Crippen LogP contribution in [0.2, 0.25) is 0 Å². The number of H-pyrrole nitrogens is 1. The van der Waals surface area contributed by atoms with Gasteiger partial charge in [-0.05, 0) is 68.5 Å². The Labute approximate surface area is 159 Å². The van der Waals surface area contributed by atoms with Crippen LogP contribution in [0, 0.1) is 13.8 Å². The summed E-state index contributed by atoms with van der Waals surface area (Å²) in [4.78, 5) is 22.4. The standard InChI is InChI=1S/C22H26N4O/c1-15-16(2)25-20-7-6-17(12-19(15)20)14-24-21-13-18(8-9-23-21)22(27)26-10-4-3-5-11-26/h6-9,12-13,25H,3-5,10-11,14H2,1-2H3,(H,23,24). The third-order valence-corrected chi connectivity index (χ3v) is 5.50. The van der Waals surface area contributed by atoms with Gasteiger partial charge in [0.1, 0.15) is 5.82 Å². The quantitative estimate of drug-likeness (QED) is 0.722. The molecule has 3 aromatic rings. The number of aromatic nitrogens is 2. The minimum absolute atomic E-state index is 0.111. The van der Waals surface area contributed by atoms with Crippen molar-refractivity contribution in [3.63, 3.8) is 0 Å². The van der Waals surface area contributed by atoms with Gasteiger partial charge in [-0.1, -0.05) is 6.07 Å². The van der Waals surface area contributed by atoms with Gasteiger partial charge in [-0.3, -0.25) is 4.79 Å². The number of anilines is 1. The number of benzene rings is 1. The van der Waals surface area contributed by atoms with E-state index in [4.69, 9.17) is 0 Å². The summed E-state index contributed by atoms with van der Waals surface area (Å²) in [5, 5.41) is 4.62. The van der Waals surface area contributed by atoms with Gasteiger partial charge in [0.25, 0.3) is 5.91 Å². The van der Waals surface area contributed by atoms with Gasteiger partial charge in [0.15, 0.2) is 0 Å². The number of aryl methyl sites for hydroxylation is 2. The van der Waals surface area contributed by atoms with E-state index in [9.17, 15) is 4.79 Å². The molecule has 1 saturated heterocycles. The van der Waals surface area contributed by atoms with E-state index >= 15 is 0 Å². The average molecular weight is 362 g/mol. The van der Waals surface area contributed by atoms with E-state index in [2.05, 4.69) is 47.3 Å². The predicted molar refractivity (Wildman–Crippen MR) is 109 cm³/mol. The van der Waals surface area contributed by atoms with Crippen LogP contribution in [-0.4, -0.2) is 33.9 Å². The second-order valence-electron chi connectivity index (χ2n) is 7.39. The number of amides is 1. The lowest BCUT2D eigenvalue weighted by molar-refractivity contribution is 0.0724. The van der Waals surface area contributed by atoms with Crippen molar-refractivity contribution in [2.45, 2.75) is 39.7 Å². The number of likely N-dealkylation sites (tertiary alicyclic amines) is 1. The lowest BCUT2D eigenvalue weighted by Gasteiger charge is -2.26. The maximum absolute atomic E-state index is 12.7. The number of hydrogen-bond donors (Lipinski definition) is 2. The van der Waals surface area contributed by atoms with Gasteiger partial charge in [0.2, 0.25) is 0 Å². The van der Waals surface area contributed by atoms with Crippen molar-refractivity contribution >= 4 is 22.6 Å². The Morgan fingerprint density at radius 1 is 1.15 bits per heavy atom. The molecule has 0 saturated carbocycles. The molecule has 1 amide bonds. The van der Waals surface area contributed by atoms with Gasteiger partial charge >= 0.3 is 0 Å². The monoisotopic (exact) mass is 362 g/mol. The average Bonchev–Trinajstić information content (AvgIpc) is 3.00. The van der Waals surface area contributed by atoms with Crippen LogP contribution < -0.4 is 5.32 Å². The first-order chi connectivity index (χ1) is 13.1. The molecule has 0 unspecified atom stereocenters. The smallest absolute Gasteiger partial charge is 0.254 e. The van der Waals surface area contributed by atoms with Crippen molar-refractivity contribution in [1.82, 2.24) is 14.9 Å². The summed E-state index contributed by atoms with van der Waals surface area (Å²) in [6.07, 6.45) is 5.13. The molecule has 0 radical (unpaired) electrons. The molecule has 0 atom stereocenters. The maximum Gasteiger partial charge on any atom is 0.254 e. The summed E-state index contributed by atoms with van der Waals surface area (Å²) < 4.78 is 0. The number of nitrogens with zero attached hydrogens (tertiary/aromatic N) is 2. The summed E-state index contributed by atoms with van der Waals surface area (Å²) in [5.74, 6) is 0.847. The second kappa shape index (κ2) is 7.43. The number of piperidine rings is 1. The third kappa shape index (κ3) is 3.68. The zero-order chi connectivity index (χ0) is 18.8. The molecule has 0 aliphatic carbocycles. The first-order valence-electron chi connectivity index (χ1n) is 9.69. The Kier molecular flexibility index (Phi) is 4.84. The van der Waals surface area contributed by atoms with Crippen LogP contribution in [0.4, 0.5) is 5.82 Å². The first kappa shape index (κ1) is 17.6. The van der Waals surface area contributed by atoms with E-state index < -0.39 is 0 Å². The fourth-order valence-corrected chi connectivity index (χ4v) is 3.75. The number of hydrogen-bond acceptors (Lipinski definition) is 3. The van der Waals surface area contributed by atoms with E-state index in [-0.39, 0.29) is 5.91 Å². The molecule has 140 valence electrons. The Hall–Kier alpha value is -2.82. The first-order valence-corrected chi connectivity index (χ1v) is 9.69. The van der Waals surface area contributed by atoms with Crippen LogP contribution in [0.3, 0.4) is 0 Å².